The van der Waals surface area contributed by atoms with E-state index >= 15 is 0 Å². The Balaban J connectivity index is 2.07. The maximum absolute atomic E-state index is 13.0. The first kappa shape index (κ1) is 15.9. The summed E-state index contributed by atoms with van der Waals surface area (Å²) in [7, 11) is 0. The quantitative estimate of drug-likeness (QED) is 0.738. The second kappa shape index (κ2) is 7.51. The Hall–Kier alpha value is -2.47. The molecule has 114 valence electrons. The zero-order valence-corrected chi connectivity index (χ0v) is 12.4. The van der Waals surface area contributed by atoms with Crippen LogP contribution in [0.3, 0.4) is 0 Å². The molecule has 6 heteroatoms. The number of hydrogen-bond acceptors (Lipinski definition) is 2. The molecule has 4 nitrogen and oxygen atoms in total. The second-order valence-electron chi connectivity index (χ2n) is 4.67. The van der Waals surface area contributed by atoms with Gasteiger partial charge in [-0.05, 0) is 42.0 Å². The molecule has 0 radical (unpaired) electrons. The maximum Gasteiger partial charge on any atom is 0.305 e. The number of carboxylic acids is 1. The van der Waals surface area contributed by atoms with E-state index in [1.165, 1.54) is 12.1 Å². The molecule has 0 bridgehead atoms. The average molecular weight is 318 g/mol. The monoisotopic (exact) mass is 318 g/mol. The summed E-state index contributed by atoms with van der Waals surface area (Å²) in [5.74, 6) is -1.34. The van der Waals surface area contributed by atoms with E-state index in [4.69, 9.17) is 17.3 Å². The Morgan fingerprint density at radius 1 is 1.14 bits per heavy atom. The highest BCUT2D eigenvalue weighted by Gasteiger charge is 2.16. The van der Waals surface area contributed by atoms with E-state index in [0.29, 0.717) is 10.7 Å². The van der Waals surface area contributed by atoms with Gasteiger partial charge in [-0.25, -0.2) is 4.39 Å². The fourth-order valence-corrected chi connectivity index (χ4v) is 2.23. The molecular formula is C16H15FN2O2S. The Labute approximate surface area is 133 Å². The van der Waals surface area contributed by atoms with E-state index in [1.807, 2.05) is 30.3 Å². The van der Waals surface area contributed by atoms with Crippen LogP contribution in [0.5, 0.6) is 0 Å². The van der Waals surface area contributed by atoms with Crippen molar-refractivity contribution < 1.29 is 14.3 Å². The largest absolute Gasteiger partial charge is 0.481 e. The van der Waals surface area contributed by atoms with E-state index in [9.17, 15) is 9.18 Å². The van der Waals surface area contributed by atoms with Gasteiger partial charge in [0.05, 0.1) is 12.5 Å². The van der Waals surface area contributed by atoms with Crippen molar-refractivity contribution in [2.45, 2.75) is 12.5 Å². The lowest BCUT2D eigenvalue weighted by Gasteiger charge is -2.20. The third kappa shape index (κ3) is 4.82. The van der Waals surface area contributed by atoms with Crippen molar-refractivity contribution in [1.82, 2.24) is 5.32 Å². The number of thiocarbonyl (C=S) groups is 1. The highest BCUT2D eigenvalue weighted by Crippen LogP contribution is 2.18. The smallest absolute Gasteiger partial charge is 0.305 e. The first-order valence-corrected chi connectivity index (χ1v) is 7.05. The number of carbonyl (C=O) groups is 1. The zero-order valence-electron chi connectivity index (χ0n) is 11.6. The van der Waals surface area contributed by atoms with Crippen LogP contribution in [0.4, 0.5) is 10.1 Å². The molecular weight excluding hydrogens is 303 g/mol. The third-order valence-electron chi connectivity index (χ3n) is 2.99. The highest BCUT2D eigenvalue weighted by atomic mass is 32.1. The molecule has 0 amide bonds. The molecule has 0 saturated heterocycles. The summed E-state index contributed by atoms with van der Waals surface area (Å²) in [6.07, 6.45) is -0.164. The number of carboxylic acid groups (broad SMARTS) is 1. The summed E-state index contributed by atoms with van der Waals surface area (Å²) in [6, 6.07) is 14.4. The van der Waals surface area contributed by atoms with Crippen LogP contribution in [-0.4, -0.2) is 16.2 Å². The number of hydrogen-bond donors (Lipinski definition) is 3. The summed E-state index contributed by atoms with van der Waals surface area (Å²) in [5.41, 5.74) is 1.45. The van der Waals surface area contributed by atoms with Crippen LogP contribution in [0.1, 0.15) is 18.0 Å². The molecule has 3 N–H and O–H groups in total. The van der Waals surface area contributed by atoms with Gasteiger partial charge in [-0.2, -0.15) is 0 Å². The third-order valence-corrected chi connectivity index (χ3v) is 3.21. The summed E-state index contributed by atoms with van der Waals surface area (Å²) in [6.45, 7) is 0. The molecule has 2 rings (SSSR count). The van der Waals surface area contributed by atoms with E-state index < -0.39 is 12.0 Å². The number of halogens is 1. The average Bonchev–Trinajstić information content (AvgIpc) is 2.48. The fraction of sp³-hybridized carbons (Fsp3) is 0.125. The minimum atomic E-state index is -0.968. The molecule has 2 aromatic rings. The number of anilines is 1. The Bertz CT molecular complexity index is 647. The number of rotatable bonds is 5. The maximum atomic E-state index is 13.0. The summed E-state index contributed by atoms with van der Waals surface area (Å²) in [4.78, 5) is 11.0. The lowest BCUT2D eigenvalue weighted by molar-refractivity contribution is -0.137. The number of nitrogens with one attached hydrogen (secondary N) is 2. The molecule has 0 aromatic heterocycles. The van der Waals surface area contributed by atoms with Gasteiger partial charge in [0, 0.05) is 5.69 Å². The molecule has 2 aromatic carbocycles. The highest BCUT2D eigenvalue weighted by molar-refractivity contribution is 7.80. The lowest BCUT2D eigenvalue weighted by Crippen LogP contribution is -2.33. The van der Waals surface area contributed by atoms with Crippen LogP contribution in [-0.2, 0) is 4.79 Å². The van der Waals surface area contributed by atoms with Crippen molar-refractivity contribution in [3.05, 3.63) is 66.0 Å². The zero-order chi connectivity index (χ0) is 15.9. The molecule has 0 saturated carbocycles. The Morgan fingerprint density at radius 2 is 1.77 bits per heavy atom. The minimum absolute atomic E-state index is 0.164. The van der Waals surface area contributed by atoms with Gasteiger partial charge >= 0.3 is 5.97 Å². The molecule has 0 aliphatic carbocycles. The fourth-order valence-electron chi connectivity index (χ4n) is 1.97. The van der Waals surface area contributed by atoms with Crippen molar-refractivity contribution in [1.29, 1.82) is 0 Å². The van der Waals surface area contributed by atoms with Gasteiger partial charge in [-0.3, -0.25) is 4.79 Å². The van der Waals surface area contributed by atoms with E-state index in [2.05, 4.69) is 10.6 Å². The second-order valence-corrected chi connectivity index (χ2v) is 5.07. The summed E-state index contributed by atoms with van der Waals surface area (Å²) in [5, 5.41) is 15.3. The SMILES string of the molecule is O=C(O)C[C@@H](NC(=S)Nc1ccccc1)c1ccc(F)cc1. The van der Waals surface area contributed by atoms with Crippen molar-refractivity contribution >= 4 is 29.0 Å². The number of aliphatic carboxylic acids is 1. The lowest BCUT2D eigenvalue weighted by atomic mass is 10.0. The standard InChI is InChI=1S/C16H15FN2O2S/c17-12-8-6-11(7-9-12)14(10-15(20)21)19-16(22)18-13-4-2-1-3-5-13/h1-9,14H,10H2,(H,20,21)(H2,18,19,22)/t14-/m1/s1. The van der Waals surface area contributed by atoms with Crippen LogP contribution in [0.25, 0.3) is 0 Å². The predicted octanol–water partition coefficient (Wildman–Crippen LogP) is 3.33. The van der Waals surface area contributed by atoms with Crippen molar-refractivity contribution in [2.75, 3.05) is 5.32 Å². The molecule has 0 heterocycles. The number of para-hydroxylation sites is 1. The Morgan fingerprint density at radius 3 is 2.36 bits per heavy atom. The van der Waals surface area contributed by atoms with Gasteiger partial charge in [0.25, 0.3) is 0 Å². The molecule has 0 unspecified atom stereocenters. The molecule has 0 fully saturated rings. The van der Waals surface area contributed by atoms with Gasteiger partial charge in [0.15, 0.2) is 5.11 Å². The van der Waals surface area contributed by atoms with E-state index in [-0.39, 0.29) is 12.2 Å². The van der Waals surface area contributed by atoms with Crippen LogP contribution in [0.2, 0.25) is 0 Å². The van der Waals surface area contributed by atoms with E-state index in [1.54, 1.807) is 12.1 Å². The van der Waals surface area contributed by atoms with Gasteiger partial charge in [-0.15, -0.1) is 0 Å². The molecule has 0 aliphatic heterocycles. The topological polar surface area (TPSA) is 61.4 Å². The number of benzene rings is 2. The van der Waals surface area contributed by atoms with Gasteiger partial charge < -0.3 is 15.7 Å². The normalized spacial score (nSPS) is 11.5. The summed E-state index contributed by atoms with van der Waals surface area (Å²) >= 11 is 5.20. The van der Waals surface area contributed by atoms with Crippen molar-refractivity contribution in [2.24, 2.45) is 0 Å². The van der Waals surface area contributed by atoms with Crippen LogP contribution in [0, 0.1) is 5.82 Å². The Kier molecular flexibility index (Phi) is 5.43. The summed E-state index contributed by atoms with van der Waals surface area (Å²) < 4.78 is 13.0. The van der Waals surface area contributed by atoms with Crippen LogP contribution in [0.15, 0.2) is 54.6 Å². The van der Waals surface area contributed by atoms with Gasteiger partial charge in [-0.1, -0.05) is 30.3 Å². The first-order valence-electron chi connectivity index (χ1n) is 6.64. The molecule has 1 atom stereocenters. The molecule has 0 spiro atoms. The van der Waals surface area contributed by atoms with Crippen LogP contribution >= 0.6 is 12.2 Å². The first-order chi connectivity index (χ1) is 10.5. The van der Waals surface area contributed by atoms with Crippen molar-refractivity contribution in [3.63, 3.8) is 0 Å². The van der Waals surface area contributed by atoms with Crippen LogP contribution < -0.4 is 10.6 Å². The minimum Gasteiger partial charge on any atom is -0.481 e. The van der Waals surface area contributed by atoms with Gasteiger partial charge in [0.1, 0.15) is 5.82 Å². The van der Waals surface area contributed by atoms with Crippen molar-refractivity contribution in [3.8, 4) is 0 Å². The predicted molar refractivity (Wildman–Crippen MR) is 87.2 cm³/mol. The van der Waals surface area contributed by atoms with Gasteiger partial charge in [0.2, 0.25) is 0 Å². The van der Waals surface area contributed by atoms with E-state index in [0.717, 1.165) is 5.69 Å². The molecule has 22 heavy (non-hydrogen) atoms. The molecule has 0 aliphatic rings.